The van der Waals surface area contributed by atoms with Crippen LogP contribution >= 0.6 is 11.6 Å². The van der Waals surface area contributed by atoms with E-state index in [9.17, 15) is 4.79 Å². The van der Waals surface area contributed by atoms with Gasteiger partial charge >= 0.3 is 0 Å². The van der Waals surface area contributed by atoms with E-state index in [0.29, 0.717) is 25.3 Å². The first-order chi connectivity index (χ1) is 10.1. The highest BCUT2D eigenvalue weighted by Crippen LogP contribution is 2.14. The summed E-state index contributed by atoms with van der Waals surface area (Å²) in [5.41, 5.74) is 0.243. The summed E-state index contributed by atoms with van der Waals surface area (Å²) < 4.78 is 3.05. The Morgan fingerprint density at radius 1 is 1.38 bits per heavy atom. The zero-order valence-corrected chi connectivity index (χ0v) is 12.8. The third-order valence-electron chi connectivity index (χ3n) is 2.87. The fraction of sp³-hybridized carbons (Fsp3) is 0.500. The summed E-state index contributed by atoms with van der Waals surface area (Å²) in [6.45, 7) is 2.43. The molecular formula is C12H18ClN7O. The van der Waals surface area contributed by atoms with Crippen molar-refractivity contribution in [3.05, 3.63) is 34.0 Å². The summed E-state index contributed by atoms with van der Waals surface area (Å²) in [6.07, 6.45) is 4.95. The average Bonchev–Trinajstić information content (AvgIpc) is 2.95. The highest BCUT2D eigenvalue weighted by atomic mass is 35.5. The highest BCUT2D eigenvalue weighted by Gasteiger charge is 2.09. The molecule has 9 heteroatoms. The van der Waals surface area contributed by atoms with Crippen molar-refractivity contribution < 1.29 is 0 Å². The second kappa shape index (κ2) is 7.19. The molecule has 21 heavy (non-hydrogen) atoms. The number of anilines is 1. The van der Waals surface area contributed by atoms with Crippen molar-refractivity contribution in [3.63, 3.8) is 0 Å². The van der Waals surface area contributed by atoms with E-state index in [1.54, 1.807) is 23.3 Å². The van der Waals surface area contributed by atoms with Crippen LogP contribution in [0.15, 0.2) is 23.4 Å². The van der Waals surface area contributed by atoms with Crippen LogP contribution in [0.3, 0.4) is 0 Å². The quantitative estimate of drug-likeness (QED) is 0.784. The van der Waals surface area contributed by atoms with Gasteiger partial charge in [0, 0.05) is 19.3 Å². The van der Waals surface area contributed by atoms with Crippen LogP contribution < -0.4 is 10.9 Å². The molecule has 0 radical (unpaired) electrons. The zero-order chi connectivity index (χ0) is 15.2. The normalized spacial score (nSPS) is 11.0. The van der Waals surface area contributed by atoms with E-state index in [4.69, 9.17) is 11.6 Å². The average molecular weight is 312 g/mol. The lowest BCUT2D eigenvalue weighted by molar-refractivity contribution is 0.367. The number of rotatable bonds is 7. The molecule has 8 nitrogen and oxygen atoms in total. The summed E-state index contributed by atoms with van der Waals surface area (Å²) >= 11 is 6.09. The highest BCUT2D eigenvalue weighted by molar-refractivity contribution is 6.32. The standard InChI is InChI=1S/C12H18ClN7O/c1-18(2)7-8-20-12(21)11(13)10(9-16-20)14-3-5-19-6-4-15-17-19/h4,6,9,14H,3,5,7-8H2,1-2H3. The Labute approximate surface area is 127 Å². The van der Waals surface area contributed by atoms with Gasteiger partial charge in [0.2, 0.25) is 0 Å². The van der Waals surface area contributed by atoms with E-state index < -0.39 is 0 Å². The lowest BCUT2D eigenvalue weighted by atomic mass is 10.4. The largest absolute Gasteiger partial charge is 0.381 e. The number of nitrogens with zero attached hydrogens (tertiary/aromatic N) is 6. The molecule has 2 heterocycles. The predicted octanol–water partition coefficient (Wildman–Crippen LogP) is 0.162. The molecule has 2 rings (SSSR count). The van der Waals surface area contributed by atoms with Gasteiger partial charge in [-0.05, 0) is 14.1 Å². The molecule has 0 atom stereocenters. The third kappa shape index (κ3) is 4.27. The molecule has 0 saturated carbocycles. The molecule has 0 aliphatic rings. The fourth-order valence-corrected chi connectivity index (χ4v) is 1.91. The Bertz CT molecular complexity index is 623. The van der Waals surface area contributed by atoms with E-state index in [1.807, 2.05) is 19.0 Å². The van der Waals surface area contributed by atoms with Crippen molar-refractivity contribution in [1.82, 2.24) is 29.7 Å². The van der Waals surface area contributed by atoms with Crippen LogP contribution in [0, 0.1) is 0 Å². The third-order valence-corrected chi connectivity index (χ3v) is 3.24. The topological polar surface area (TPSA) is 80.9 Å². The van der Waals surface area contributed by atoms with Gasteiger partial charge in [0.25, 0.3) is 5.56 Å². The van der Waals surface area contributed by atoms with Crippen molar-refractivity contribution in [2.75, 3.05) is 32.5 Å². The molecule has 0 aliphatic heterocycles. The number of aromatic nitrogens is 5. The summed E-state index contributed by atoms with van der Waals surface area (Å²) in [6, 6.07) is 0. The SMILES string of the molecule is CN(C)CCn1ncc(NCCn2ccnn2)c(Cl)c1=O. The van der Waals surface area contributed by atoms with E-state index in [2.05, 4.69) is 20.7 Å². The minimum atomic E-state index is -0.288. The maximum absolute atomic E-state index is 12.1. The summed E-state index contributed by atoms with van der Waals surface area (Å²) in [5, 5.41) is 14.9. The van der Waals surface area contributed by atoms with Crippen LogP contribution in [0.2, 0.25) is 5.02 Å². The zero-order valence-electron chi connectivity index (χ0n) is 12.0. The molecule has 0 aliphatic carbocycles. The van der Waals surface area contributed by atoms with Crippen LogP contribution in [0.4, 0.5) is 5.69 Å². The van der Waals surface area contributed by atoms with Crippen molar-refractivity contribution in [2.24, 2.45) is 0 Å². The van der Waals surface area contributed by atoms with Crippen molar-refractivity contribution in [3.8, 4) is 0 Å². The van der Waals surface area contributed by atoms with Crippen molar-refractivity contribution >= 4 is 17.3 Å². The van der Waals surface area contributed by atoms with Gasteiger partial charge in [0.15, 0.2) is 0 Å². The summed E-state index contributed by atoms with van der Waals surface area (Å²) in [4.78, 5) is 14.1. The molecule has 0 fully saturated rings. The van der Waals surface area contributed by atoms with Gasteiger partial charge in [0.05, 0.1) is 31.2 Å². The monoisotopic (exact) mass is 311 g/mol. The Kier molecular flexibility index (Phi) is 5.29. The van der Waals surface area contributed by atoms with Gasteiger partial charge in [-0.25, -0.2) is 4.68 Å². The Balaban J connectivity index is 1.97. The predicted molar refractivity (Wildman–Crippen MR) is 80.6 cm³/mol. The second-order valence-corrected chi connectivity index (χ2v) is 5.17. The maximum atomic E-state index is 12.1. The Hall–Kier alpha value is -1.93. The van der Waals surface area contributed by atoms with Crippen LogP contribution in [-0.4, -0.2) is 56.9 Å². The minimum Gasteiger partial charge on any atom is -0.381 e. The first-order valence-electron chi connectivity index (χ1n) is 6.56. The van der Waals surface area contributed by atoms with Crippen molar-refractivity contribution in [2.45, 2.75) is 13.1 Å². The number of hydrogen-bond acceptors (Lipinski definition) is 6. The number of likely N-dealkylation sites (N-methyl/N-ethyl adjacent to an activating group) is 1. The molecule has 0 bridgehead atoms. The van der Waals surface area contributed by atoms with E-state index in [0.717, 1.165) is 6.54 Å². The first kappa shape index (κ1) is 15.5. The van der Waals surface area contributed by atoms with Gasteiger partial charge in [-0.3, -0.25) is 9.48 Å². The Morgan fingerprint density at radius 2 is 2.19 bits per heavy atom. The Morgan fingerprint density at radius 3 is 2.86 bits per heavy atom. The molecule has 0 unspecified atom stereocenters. The molecule has 0 amide bonds. The van der Waals surface area contributed by atoms with E-state index in [-0.39, 0.29) is 10.6 Å². The van der Waals surface area contributed by atoms with E-state index >= 15 is 0 Å². The molecule has 0 aromatic carbocycles. The second-order valence-electron chi connectivity index (χ2n) is 4.80. The van der Waals surface area contributed by atoms with E-state index in [1.165, 1.54) is 4.68 Å². The van der Waals surface area contributed by atoms with Crippen LogP contribution in [0.25, 0.3) is 0 Å². The van der Waals surface area contributed by atoms with Gasteiger partial charge in [-0.1, -0.05) is 16.8 Å². The van der Waals surface area contributed by atoms with Crippen LogP contribution in [0.1, 0.15) is 0 Å². The van der Waals surface area contributed by atoms with Gasteiger partial charge in [0.1, 0.15) is 5.02 Å². The maximum Gasteiger partial charge on any atom is 0.287 e. The molecule has 2 aromatic heterocycles. The number of hydrogen-bond donors (Lipinski definition) is 1. The van der Waals surface area contributed by atoms with Gasteiger partial charge in [-0.15, -0.1) is 5.10 Å². The molecule has 114 valence electrons. The fourth-order valence-electron chi connectivity index (χ4n) is 1.70. The molecule has 2 aromatic rings. The summed E-state index contributed by atoms with van der Waals surface area (Å²) in [5.74, 6) is 0. The first-order valence-corrected chi connectivity index (χ1v) is 6.94. The molecule has 1 N–H and O–H groups in total. The smallest absolute Gasteiger partial charge is 0.287 e. The molecular weight excluding hydrogens is 294 g/mol. The van der Waals surface area contributed by atoms with Gasteiger partial charge in [-0.2, -0.15) is 5.10 Å². The lowest BCUT2D eigenvalue weighted by Gasteiger charge is -2.12. The number of halogens is 1. The minimum absolute atomic E-state index is 0.155. The molecule has 0 spiro atoms. The van der Waals surface area contributed by atoms with Crippen molar-refractivity contribution in [1.29, 1.82) is 0 Å². The van der Waals surface area contributed by atoms with Crippen LogP contribution in [0.5, 0.6) is 0 Å². The lowest BCUT2D eigenvalue weighted by Crippen LogP contribution is -2.29. The molecule has 0 saturated heterocycles. The van der Waals surface area contributed by atoms with Crippen LogP contribution in [-0.2, 0) is 13.1 Å². The number of nitrogens with one attached hydrogen (secondary N) is 1. The summed E-state index contributed by atoms with van der Waals surface area (Å²) in [7, 11) is 3.87. The van der Waals surface area contributed by atoms with Gasteiger partial charge < -0.3 is 10.2 Å².